The highest BCUT2D eigenvalue weighted by molar-refractivity contribution is 5.51. The van der Waals surface area contributed by atoms with Gasteiger partial charge in [-0.1, -0.05) is 12.1 Å². The lowest BCUT2D eigenvalue weighted by Crippen LogP contribution is -2.33. The van der Waals surface area contributed by atoms with Crippen LogP contribution in [0.2, 0.25) is 0 Å². The molecule has 1 aliphatic rings. The zero-order valence-corrected chi connectivity index (χ0v) is 10.6. The summed E-state index contributed by atoms with van der Waals surface area (Å²) in [4.78, 5) is 2.46. The molecule has 2 N–H and O–H groups in total. The zero-order valence-electron chi connectivity index (χ0n) is 10.6. The Morgan fingerprint density at radius 2 is 2.22 bits per heavy atom. The van der Waals surface area contributed by atoms with Crippen molar-refractivity contribution in [2.45, 2.75) is 25.9 Å². The summed E-state index contributed by atoms with van der Waals surface area (Å²) in [5, 5.41) is 0. The fourth-order valence-corrected chi connectivity index (χ4v) is 2.71. The lowest BCUT2D eigenvalue weighted by molar-refractivity contribution is 0.192. The number of rotatable bonds is 2. The van der Waals surface area contributed by atoms with Gasteiger partial charge in [0, 0.05) is 30.4 Å². The molecular weight excluding hydrogens is 224 g/mol. The molecule has 0 saturated heterocycles. The summed E-state index contributed by atoms with van der Waals surface area (Å²) >= 11 is 0. The minimum Gasteiger partial charge on any atom is -0.472 e. The van der Waals surface area contributed by atoms with Gasteiger partial charge in [-0.3, -0.25) is 4.90 Å². The van der Waals surface area contributed by atoms with Crippen molar-refractivity contribution in [2.24, 2.45) is 0 Å². The minimum absolute atomic E-state index is 0.387. The number of furan rings is 1. The molecule has 0 amide bonds. The van der Waals surface area contributed by atoms with Crippen LogP contribution < -0.4 is 5.73 Å². The maximum atomic E-state index is 6.02. The summed E-state index contributed by atoms with van der Waals surface area (Å²) in [6.07, 6.45) is 4.60. The molecule has 3 heteroatoms. The highest BCUT2D eigenvalue weighted by atomic mass is 16.3. The van der Waals surface area contributed by atoms with Gasteiger partial charge in [0.15, 0.2) is 0 Å². The fourth-order valence-electron chi connectivity index (χ4n) is 2.71. The van der Waals surface area contributed by atoms with E-state index in [1.165, 1.54) is 16.7 Å². The van der Waals surface area contributed by atoms with E-state index < -0.39 is 0 Å². The Labute approximate surface area is 107 Å². The van der Waals surface area contributed by atoms with Gasteiger partial charge in [-0.15, -0.1) is 0 Å². The summed E-state index contributed by atoms with van der Waals surface area (Å²) in [5.41, 5.74) is 10.9. The second-order valence-corrected chi connectivity index (χ2v) is 4.94. The molecule has 3 rings (SSSR count). The smallest absolute Gasteiger partial charge is 0.0950 e. The van der Waals surface area contributed by atoms with E-state index in [1.807, 2.05) is 24.5 Å². The van der Waals surface area contributed by atoms with E-state index in [0.717, 1.165) is 25.2 Å². The largest absolute Gasteiger partial charge is 0.472 e. The maximum absolute atomic E-state index is 6.02. The van der Waals surface area contributed by atoms with Crippen LogP contribution in [0, 0.1) is 0 Å². The Morgan fingerprint density at radius 3 is 3.00 bits per heavy atom. The van der Waals surface area contributed by atoms with Crippen LogP contribution in [-0.4, -0.2) is 11.4 Å². The highest BCUT2D eigenvalue weighted by Crippen LogP contribution is 2.29. The van der Waals surface area contributed by atoms with Gasteiger partial charge in [0.05, 0.1) is 12.5 Å². The van der Waals surface area contributed by atoms with E-state index in [2.05, 4.69) is 17.9 Å². The first kappa shape index (κ1) is 11.4. The molecule has 1 aliphatic heterocycles. The van der Waals surface area contributed by atoms with Crippen molar-refractivity contribution >= 4 is 5.69 Å². The van der Waals surface area contributed by atoms with Crippen LogP contribution >= 0.6 is 0 Å². The first-order valence-electron chi connectivity index (χ1n) is 6.38. The Bertz CT molecular complexity index is 533. The second-order valence-electron chi connectivity index (χ2n) is 4.94. The molecule has 0 saturated carbocycles. The molecule has 0 radical (unpaired) electrons. The summed E-state index contributed by atoms with van der Waals surface area (Å²) < 4.78 is 5.17. The molecule has 1 aromatic carbocycles. The highest BCUT2D eigenvalue weighted by Gasteiger charge is 2.23. The summed E-state index contributed by atoms with van der Waals surface area (Å²) in [6, 6.07) is 8.64. The van der Waals surface area contributed by atoms with E-state index in [-0.39, 0.29) is 0 Å². The third-order valence-electron chi connectivity index (χ3n) is 3.91. The minimum atomic E-state index is 0.387. The first-order chi connectivity index (χ1) is 8.75. The molecule has 0 bridgehead atoms. The Hall–Kier alpha value is -1.74. The number of nitrogens with zero attached hydrogens (tertiary/aromatic N) is 1. The molecule has 1 aromatic heterocycles. The van der Waals surface area contributed by atoms with Crippen LogP contribution in [0.5, 0.6) is 0 Å². The molecule has 94 valence electrons. The van der Waals surface area contributed by atoms with Gasteiger partial charge in [-0.05, 0) is 36.6 Å². The average molecular weight is 242 g/mol. The van der Waals surface area contributed by atoms with E-state index in [4.69, 9.17) is 10.2 Å². The normalized spacial score (nSPS) is 17.4. The van der Waals surface area contributed by atoms with Gasteiger partial charge < -0.3 is 10.2 Å². The molecular formula is C15H18N2O. The van der Waals surface area contributed by atoms with E-state index in [9.17, 15) is 0 Å². The number of benzene rings is 1. The molecule has 2 aromatic rings. The standard InChI is InChI=1S/C15H18N2O/c1-11(13-6-8-18-10-13)17-7-5-14-12(9-17)3-2-4-15(14)16/h2-4,6,8,10-11H,5,7,9,16H2,1H3. The molecule has 0 spiro atoms. The summed E-state index contributed by atoms with van der Waals surface area (Å²) in [5.74, 6) is 0. The topological polar surface area (TPSA) is 42.4 Å². The molecule has 18 heavy (non-hydrogen) atoms. The number of hydrogen-bond acceptors (Lipinski definition) is 3. The first-order valence-corrected chi connectivity index (χ1v) is 6.38. The van der Waals surface area contributed by atoms with Gasteiger partial charge in [0.1, 0.15) is 0 Å². The molecule has 0 fully saturated rings. The number of anilines is 1. The van der Waals surface area contributed by atoms with Crippen LogP contribution in [-0.2, 0) is 13.0 Å². The van der Waals surface area contributed by atoms with Gasteiger partial charge >= 0.3 is 0 Å². The summed E-state index contributed by atoms with van der Waals surface area (Å²) in [7, 11) is 0. The maximum Gasteiger partial charge on any atom is 0.0950 e. The van der Waals surface area contributed by atoms with Gasteiger partial charge in [-0.2, -0.15) is 0 Å². The van der Waals surface area contributed by atoms with Crippen molar-refractivity contribution in [3.63, 3.8) is 0 Å². The second kappa shape index (κ2) is 4.50. The lowest BCUT2D eigenvalue weighted by Gasteiger charge is -2.33. The monoisotopic (exact) mass is 242 g/mol. The molecule has 0 aliphatic carbocycles. The van der Waals surface area contributed by atoms with Gasteiger partial charge in [0.25, 0.3) is 0 Å². The SMILES string of the molecule is CC(c1ccoc1)N1CCc2c(N)cccc2C1. The fraction of sp³-hybridized carbons (Fsp3) is 0.333. The number of nitrogens with two attached hydrogens (primary N) is 1. The third-order valence-corrected chi connectivity index (χ3v) is 3.91. The quantitative estimate of drug-likeness (QED) is 0.823. The average Bonchev–Trinajstić information content (AvgIpc) is 2.91. The van der Waals surface area contributed by atoms with Crippen molar-refractivity contribution in [1.29, 1.82) is 0 Å². The van der Waals surface area contributed by atoms with E-state index >= 15 is 0 Å². The lowest BCUT2D eigenvalue weighted by atomic mass is 9.96. The number of hydrogen-bond donors (Lipinski definition) is 1. The van der Waals surface area contributed by atoms with E-state index in [1.54, 1.807) is 6.26 Å². The van der Waals surface area contributed by atoms with Crippen LogP contribution in [0.3, 0.4) is 0 Å². The van der Waals surface area contributed by atoms with Gasteiger partial charge in [-0.25, -0.2) is 0 Å². The predicted molar refractivity (Wildman–Crippen MR) is 72.1 cm³/mol. The van der Waals surface area contributed by atoms with Crippen molar-refractivity contribution in [1.82, 2.24) is 4.90 Å². The molecule has 3 nitrogen and oxygen atoms in total. The molecule has 2 heterocycles. The Balaban J connectivity index is 1.83. The van der Waals surface area contributed by atoms with Crippen LogP contribution in [0.4, 0.5) is 5.69 Å². The zero-order chi connectivity index (χ0) is 12.5. The van der Waals surface area contributed by atoms with Crippen LogP contribution in [0.25, 0.3) is 0 Å². The molecule has 1 atom stereocenters. The van der Waals surface area contributed by atoms with Crippen LogP contribution in [0.15, 0.2) is 41.2 Å². The van der Waals surface area contributed by atoms with Crippen molar-refractivity contribution < 1.29 is 4.42 Å². The third kappa shape index (κ3) is 1.91. The predicted octanol–water partition coefficient (Wildman–Crippen LogP) is 2.98. The van der Waals surface area contributed by atoms with E-state index in [0.29, 0.717) is 6.04 Å². The number of nitrogen functional groups attached to an aromatic ring is 1. The Kier molecular flexibility index (Phi) is 2.84. The summed E-state index contributed by atoms with van der Waals surface area (Å²) in [6.45, 7) is 4.24. The molecule has 1 unspecified atom stereocenters. The van der Waals surface area contributed by atoms with Crippen molar-refractivity contribution in [3.8, 4) is 0 Å². The van der Waals surface area contributed by atoms with Crippen molar-refractivity contribution in [3.05, 3.63) is 53.5 Å². The van der Waals surface area contributed by atoms with Crippen molar-refractivity contribution in [2.75, 3.05) is 12.3 Å². The van der Waals surface area contributed by atoms with Gasteiger partial charge in [0.2, 0.25) is 0 Å². The number of fused-ring (bicyclic) bond motifs is 1. The van der Waals surface area contributed by atoms with Crippen LogP contribution in [0.1, 0.15) is 29.7 Å². The Morgan fingerprint density at radius 1 is 1.33 bits per heavy atom.